The van der Waals surface area contributed by atoms with Gasteiger partial charge in [0.25, 0.3) is 0 Å². The SMILES string of the molecule is COCCC(C)C(O)c1ccc(OC)nc1. The van der Waals surface area contributed by atoms with Crippen LogP contribution >= 0.6 is 0 Å². The van der Waals surface area contributed by atoms with Crippen molar-refractivity contribution in [2.75, 3.05) is 20.8 Å². The van der Waals surface area contributed by atoms with Gasteiger partial charge in [-0.05, 0) is 24.0 Å². The second-order valence-corrected chi connectivity index (χ2v) is 3.84. The number of ether oxygens (including phenoxy) is 2. The molecule has 0 aromatic carbocycles. The van der Waals surface area contributed by atoms with Crippen LogP contribution in [0.15, 0.2) is 18.3 Å². The van der Waals surface area contributed by atoms with Crippen LogP contribution in [0.1, 0.15) is 25.0 Å². The molecule has 0 aliphatic rings. The number of nitrogens with zero attached hydrogens (tertiary/aromatic N) is 1. The molecular weight excluding hydrogens is 206 g/mol. The third-order valence-corrected chi connectivity index (χ3v) is 2.63. The minimum Gasteiger partial charge on any atom is -0.481 e. The summed E-state index contributed by atoms with van der Waals surface area (Å²) in [6.07, 6.45) is 1.96. The Morgan fingerprint density at radius 3 is 2.62 bits per heavy atom. The van der Waals surface area contributed by atoms with Crippen molar-refractivity contribution in [1.82, 2.24) is 4.98 Å². The third kappa shape index (κ3) is 3.47. The number of rotatable bonds is 6. The van der Waals surface area contributed by atoms with Crippen molar-refractivity contribution < 1.29 is 14.6 Å². The van der Waals surface area contributed by atoms with Gasteiger partial charge >= 0.3 is 0 Å². The maximum atomic E-state index is 10.0. The fraction of sp³-hybridized carbons (Fsp3) is 0.583. The molecule has 16 heavy (non-hydrogen) atoms. The first-order valence-corrected chi connectivity index (χ1v) is 5.36. The van der Waals surface area contributed by atoms with E-state index in [0.717, 1.165) is 12.0 Å². The van der Waals surface area contributed by atoms with Crippen LogP contribution in [0.3, 0.4) is 0 Å². The molecule has 90 valence electrons. The van der Waals surface area contributed by atoms with Gasteiger partial charge in [0.05, 0.1) is 13.2 Å². The summed E-state index contributed by atoms with van der Waals surface area (Å²) in [7, 11) is 3.23. The van der Waals surface area contributed by atoms with Crippen molar-refractivity contribution in [3.05, 3.63) is 23.9 Å². The van der Waals surface area contributed by atoms with E-state index in [2.05, 4.69) is 4.98 Å². The van der Waals surface area contributed by atoms with Gasteiger partial charge in [-0.25, -0.2) is 4.98 Å². The Labute approximate surface area is 96.2 Å². The van der Waals surface area contributed by atoms with Crippen LogP contribution in [-0.2, 0) is 4.74 Å². The zero-order valence-corrected chi connectivity index (χ0v) is 10.0. The lowest BCUT2D eigenvalue weighted by Crippen LogP contribution is -2.11. The molecule has 2 atom stereocenters. The predicted molar refractivity (Wildman–Crippen MR) is 61.4 cm³/mol. The van der Waals surface area contributed by atoms with Crippen LogP contribution in [0, 0.1) is 5.92 Å². The van der Waals surface area contributed by atoms with Crippen LogP contribution in [0.2, 0.25) is 0 Å². The van der Waals surface area contributed by atoms with Gasteiger partial charge in [-0.2, -0.15) is 0 Å². The van der Waals surface area contributed by atoms with E-state index in [1.54, 1.807) is 26.5 Å². The maximum absolute atomic E-state index is 10.0. The zero-order chi connectivity index (χ0) is 12.0. The van der Waals surface area contributed by atoms with Gasteiger partial charge in [0.15, 0.2) is 0 Å². The summed E-state index contributed by atoms with van der Waals surface area (Å²) in [6, 6.07) is 3.58. The average Bonchev–Trinajstić information content (AvgIpc) is 2.35. The number of hydrogen-bond acceptors (Lipinski definition) is 4. The molecule has 0 saturated carbocycles. The standard InChI is InChI=1S/C12H19NO3/c1-9(6-7-15-2)12(14)10-4-5-11(16-3)13-8-10/h4-5,8-9,12,14H,6-7H2,1-3H3. The van der Waals surface area contributed by atoms with Gasteiger partial charge in [0.1, 0.15) is 0 Å². The summed E-state index contributed by atoms with van der Waals surface area (Å²) in [6.45, 7) is 2.65. The van der Waals surface area contributed by atoms with E-state index >= 15 is 0 Å². The fourth-order valence-electron chi connectivity index (χ4n) is 1.48. The normalized spacial score (nSPS) is 14.5. The molecule has 2 unspecified atom stereocenters. The van der Waals surface area contributed by atoms with Gasteiger partial charge in [-0.15, -0.1) is 0 Å². The van der Waals surface area contributed by atoms with Crippen molar-refractivity contribution in [3.63, 3.8) is 0 Å². The van der Waals surface area contributed by atoms with Crippen molar-refractivity contribution in [2.45, 2.75) is 19.4 Å². The maximum Gasteiger partial charge on any atom is 0.212 e. The molecule has 4 heteroatoms. The topological polar surface area (TPSA) is 51.6 Å². The van der Waals surface area contributed by atoms with Gasteiger partial charge < -0.3 is 14.6 Å². The van der Waals surface area contributed by atoms with E-state index in [0.29, 0.717) is 12.5 Å². The third-order valence-electron chi connectivity index (χ3n) is 2.63. The monoisotopic (exact) mass is 225 g/mol. The summed E-state index contributed by atoms with van der Waals surface area (Å²) < 4.78 is 9.95. The van der Waals surface area contributed by atoms with Gasteiger partial charge in [-0.1, -0.05) is 6.92 Å². The summed E-state index contributed by atoms with van der Waals surface area (Å²) in [5.41, 5.74) is 0.810. The molecule has 0 aliphatic heterocycles. The van der Waals surface area contributed by atoms with Crippen LogP contribution in [0.25, 0.3) is 0 Å². The van der Waals surface area contributed by atoms with Crippen LogP contribution in [0.5, 0.6) is 5.88 Å². The van der Waals surface area contributed by atoms with E-state index in [1.807, 2.05) is 13.0 Å². The number of pyridine rings is 1. The van der Waals surface area contributed by atoms with Gasteiger partial charge in [0.2, 0.25) is 5.88 Å². The number of methoxy groups -OCH3 is 2. The summed E-state index contributed by atoms with van der Waals surface area (Å²) in [4.78, 5) is 4.07. The molecule has 1 aromatic heterocycles. The Morgan fingerprint density at radius 1 is 1.38 bits per heavy atom. The van der Waals surface area contributed by atoms with Crippen molar-refractivity contribution >= 4 is 0 Å². The fourth-order valence-corrected chi connectivity index (χ4v) is 1.48. The second-order valence-electron chi connectivity index (χ2n) is 3.84. The van der Waals surface area contributed by atoms with Crippen molar-refractivity contribution in [1.29, 1.82) is 0 Å². The lowest BCUT2D eigenvalue weighted by molar-refractivity contribution is 0.0883. The van der Waals surface area contributed by atoms with E-state index < -0.39 is 6.10 Å². The minimum absolute atomic E-state index is 0.148. The van der Waals surface area contributed by atoms with E-state index in [4.69, 9.17) is 9.47 Å². The Morgan fingerprint density at radius 2 is 2.12 bits per heavy atom. The summed E-state index contributed by atoms with van der Waals surface area (Å²) >= 11 is 0. The van der Waals surface area contributed by atoms with Crippen LogP contribution < -0.4 is 4.74 Å². The molecule has 0 amide bonds. The van der Waals surface area contributed by atoms with Gasteiger partial charge in [0, 0.05) is 26.0 Å². The summed E-state index contributed by atoms with van der Waals surface area (Å²) in [5, 5.41) is 10.0. The molecule has 4 nitrogen and oxygen atoms in total. The predicted octanol–water partition coefficient (Wildman–Crippen LogP) is 1.80. The Bertz CT molecular complexity index is 300. The van der Waals surface area contributed by atoms with Crippen molar-refractivity contribution in [2.24, 2.45) is 5.92 Å². The number of aromatic nitrogens is 1. The van der Waals surface area contributed by atoms with E-state index in [9.17, 15) is 5.11 Å². The first kappa shape index (κ1) is 12.9. The molecule has 0 spiro atoms. The largest absolute Gasteiger partial charge is 0.481 e. The Hall–Kier alpha value is -1.13. The first-order chi connectivity index (χ1) is 7.69. The van der Waals surface area contributed by atoms with E-state index in [1.165, 1.54) is 0 Å². The molecule has 0 saturated heterocycles. The number of aliphatic hydroxyl groups is 1. The molecular formula is C12H19NO3. The van der Waals surface area contributed by atoms with Crippen LogP contribution in [-0.4, -0.2) is 30.9 Å². The Balaban J connectivity index is 2.60. The Kier molecular flexibility index (Phi) is 5.22. The molecule has 0 bridgehead atoms. The highest BCUT2D eigenvalue weighted by atomic mass is 16.5. The van der Waals surface area contributed by atoms with Gasteiger partial charge in [-0.3, -0.25) is 0 Å². The van der Waals surface area contributed by atoms with Crippen LogP contribution in [0.4, 0.5) is 0 Å². The average molecular weight is 225 g/mol. The van der Waals surface area contributed by atoms with Crippen molar-refractivity contribution in [3.8, 4) is 5.88 Å². The smallest absolute Gasteiger partial charge is 0.212 e. The molecule has 1 aromatic rings. The highest BCUT2D eigenvalue weighted by Crippen LogP contribution is 2.24. The molecule has 0 radical (unpaired) electrons. The number of hydrogen-bond donors (Lipinski definition) is 1. The summed E-state index contributed by atoms with van der Waals surface area (Å²) in [5.74, 6) is 0.704. The molecule has 0 fully saturated rings. The minimum atomic E-state index is -0.506. The van der Waals surface area contributed by atoms with E-state index in [-0.39, 0.29) is 5.92 Å². The number of aliphatic hydroxyl groups excluding tert-OH is 1. The lowest BCUT2D eigenvalue weighted by atomic mass is 9.96. The molecule has 1 heterocycles. The highest BCUT2D eigenvalue weighted by molar-refractivity contribution is 5.20. The highest BCUT2D eigenvalue weighted by Gasteiger charge is 2.16. The second kappa shape index (κ2) is 6.45. The zero-order valence-electron chi connectivity index (χ0n) is 10.0. The lowest BCUT2D eigenvalue weighted by Gasteiger charge is -2.18. The first-order valence-electron chi connectivity index (χ1n) is 5.36. The molecule has 1 rings (SSSR count). The molecule has 1 N–H and O–H groups in total. The quantitative estimate of drug-likeness (QED) is 0.802. The molecule has 0 aliphatic carbocycles.